The molecule has 0 N–H and O–H groups in total. The average molecular weight is 325 g/mol. The number of hydrogen-bond acceptors (Lipinski definition) is 7. The van der Waals surface area contributed by atoms with Gasteiger partial charge in [-0.3, -0.25) is 4.90 Å². The summed E-state index contributed by atoms with van der Waals surface area (Å²) in [7, 11) is 0. The van der Waals surface area contributed by atoms with Crippen LogP contribution in [0, 0.1) is 6.92 Å². The fourth-order valence-electron chi connectivity index (χ4n) is 3.14. The second-order valence-electron chi connectivity index (χ2n) is 6.07. The summed E-state index contributed by atoms with van der Waals surface area (Å²) in [6.07, 6.45) is 2.80. The van der Waals surface area contributed by atoms with Crippen LogP contribution in [0.25, 0.3) is 0 Å². The number of aryl methyl sites for hydroxylation is 1. The molecule has 7 heteroatoms. The third-order valence-electron chi connectivity index (χ3n) is 4.26. The molecule has 4 rings (SSSR count). The second-order valence-corrected chi connectivity index (χ2v) is 6.07. The molecule has 0 aliphatic carbocycles. The zero-order valence-electron chi connectivity index (χ0n) is 13.6. The summed E-state index contributed by atoms with van der Waals surface area (Å²) in [5, 5.41) is 8.15. The van der Waals surface area contributed by atoms with Crippen molar-refractivity contribution in [2.24, 2.45) is 0 Å². The van der Waals surface area contributed by atoms with Crippen LogP contribution in [0.15, 0.2) is 39.4 Å². The molecule has 124 valence electrons. The van der Waals surface area contributed by atoms with Crippen LogP contribution in [0.4, 0.5) is 0 Å². The minimum atomic E-state index is 0.159. The zero-order chi connectivity index (χ0) is 16.4. The molecule has 2 aromatic heterocycles. The highest BCUT2D eigenvalue weighted by molar-refractivity contribution is 5.18. The van der Waals surface area contributed by atoms with E-state index in [1.807, 2.05) is 25.1 Å². The zero-order valence-corrected chi connectivity index (χ0v) is 13.6. The minimum absolute atomic E-state index is 0.159. The fourth-order valence-corrected chi connectivity index (χ4v) is 3.14. The third-order valence-corrected chi connectivity index (χ3v) is 4.26. The van der Waals surface area contributed by atoms with Gasteiger partial charge in [0, 0.05) is 13.3 Å². The van der Waals surface area contributed by atoms with E-state index in [-0.39, 0.29) is 6.04 Å². The maximum absolute atomic E-state index is 5.42. The molecule has 0 unspecified atom stereocenters. The maximum atomic E-state index is 5.42. The second kappa shape index (κ2) is 6.52. The minimum Gasteiger partial charge on any atom is -0.340 e. The van der Waals surface area contributed by atoms with Gasteiger partial charge in [0.1, 0.15) is 0 Å². The van der Waals surface area contributed by atoms with E-state index in [4.69, 9.17) is 9.05 Å². The topological polar surface area (TPSA) is 81.1 Å². The van der Waals surface area contributed by atoms with Crippen molar-refractivity contribution in [3.63, 3.8) is 0 Å². The summed E-state index contributed by atoms with van der Waals surface area (Å²) in [5.74, 6) is 2.68. The Morgan fingerprint density at radius 2 is 2.00 bits per heavy atom. The van der Waals surface area contributed by atoms with E-state index < -0.39 is 0 Å². The molecule has 0 saturated carbocycles. The molecule has 1 aliphatic heterocycles. The van der Waals surface area contributed by atoms with Gasteiger partial charge >= 0.3 is 0 Å². The van der Waals surface area contributed by atoms with Gasteiger partial charge in [-0.15, -0.1) is 0 Å². The molecule has 1 saturated heterocycles. The smallest absolute Gasteiger partial charge is 0.240 e. The molecule has 1 atom stereocenters. The molecule has 3 aromatic rings. The van der Waals surface area contributed by atoms with Crippen LogP contribution < -0.4 is 0 Å². The van der Waals surface area contributed by atoms with E-state index in [2.05, 4.69) is 37.3 Å². The van der Waals surface area contributed by atoms with E-state index in [1.165, 1.54) is 5.56 Å². The SMILES string of the molecule is Cc1nc([C@@H]2CCCN2Cc2nc(Cc3ccccc3)no2)no1. The number of hydrogen-bond donors (Lipinski definition) is 0. The third kappa shape index (κ3) is 3.21. The summed E-state index contributed by atoms with van der Waals surface area (Å²) in [5.41, 5.74) is 1.17. The number of rotatable bonds is 5. The fraction of sp³-hybridized carbons (Fsp3) is 0.412. The monoisotopic (exact) mass is 325 g/mol. The predicted molar refractivity (Wildman–Crippen MR) is 85.0 cm³/mol. The highest BCUT2D eigenvalue weighted by Gasteiger charge is 2.30. The van der Waals surface area contributed by atoms with Crippen molar-refractivity contribution in [3.8, 4) is 0 Å². The van der Waals surface area contributed by atoms with Gasteiger partial charge in [0.15, 0.2) is 11.6 Å². The van der Waals surface area contributed by atoms with Crippen LogP contribution in [-0.2, 0) is 13.0 Å². The van der Waals surface area contributed by atoms with Crippen LogP contribution in [0.1, 0.15) is 47.9 Å². The van der Waals surface area contributed by atoms with Crippen molar-refractivity contribution >= 4 is 0 Å². The van der Waals surface area contributed by atoms with Gasteiger partial charge < -0.3 is 9.05 Å². The first-order chi connectivity index (χ1) is 11.8. The lowest BCUT2D eigenvalue weighted by molar-refractivity contribution is 0.202. The quantitative estimate of drug-likeness (QED) is 0.713. The Morgan fingerprint density at radius 1 is 1.12 bits per heavy atom. The van der Waals surface area contributed by atoms with Crippen molar-refractivity contribution in [3.05, 3.63) is 59.3 Å². The van der Waals surface area contributed by atoms with Gasteiger partial charge in [0.25, 0.3) is 0 Å². The number of benzene rings is 1. The van der Waals surface area contributed by atoms with Crippen molar-refractivity contribution in [2.45, 2.75) is 38.8 Å². The van der Waals surface area contributed by atoms with Crippen LogP contribution in [0.2, 0.25) is 0 Å². The first-order valence-corrected chi connectivity index (χ1v) is 8.17. The highest BCUT2D eigenvalue weighted by Crippen LogP contribution is 2.31. The molecule has 7 nitrogen and oxygen atoms in total. The van der Waals surface area contributed by atoms with Crippen molar-refractivity contribution in [1.29, 1.82) is 0 Å². The predicted octanol–water partition coefficient (Wildman–Crippen LogP) is 2.69. The Kier molecular flexibility index (Phi) is 4.08. The molecule has 1 aliphatic rings. The normalized spacial score (nSPS) is 18.3. The summed E-state index contributed by atoms with van der Waals surface area (Å²) in [6, 6.07) is 10.3. The number of likely N-dealkylation sites (tertiary alicyclic amines) is 1. The van der Waals surface area contributed by atoms with Crippen molar-refractivity contribution < 1.29 is 9.05 Å². The largest absolute Gasteiger partial charge is 0.340 e. The summed E-state index contributed by atoms with van der Waals surface area (Å²) in [4.78, 5) is 11.1. The van der Waals surface area contributed by atoms with E-state index in [9.17, 15) is 0 Å². The number of nitrogens with zero attached hydrogens (tertiary/aromatic N) is 5. The summed E-state index contributed by atoms with van der Waals surface area (Å²) in [6.45, 7) is 3.39. The molecular weight excluding hydrogens is 306 g/mol. The molecule has 3 heterocycles. The average Bonchev–Trinajstić information content (AvgIpc) is 3.31. The van der Waals surface area contributed by atoms with Gasteiger partial charge in [-0.25, -0.2) is 0 Å². The van der Waals surface area contributed by atoms with Crippen LogP contribution in [0.3, 0.4) is 0 Å². The van der Waals surface area contributed by atoms with Crippen molar-refractivity contribution in [2.75, 3.05) is 6.54 Å². The molecule has 24 heavy (non-hydrogen) atoms. The summed E-state index contributed by atoms with van der Waals surface area (Å²) >= 11 is 0. The molecule has 0 radical (unpaired) electrons. The van der Waals surface area contributed by atoms with E-state index in [1.54, 1.807) is 0 Å². The van der Waals surface area contributed by atoms with Gasteiger partial charge in [-0.05, 0) is 24.9 Å². The van der Waals surface area contributed by atoms with E-state index in [0.717, 1.165) is 25.2 Å². The first-order valence-electron chi connectivity index (χ1n) is 8.17. The maximum Gasteiger partial charge on any atom is 0.240 e. The first kappa shape index (κ1) is 15.0. The molecular formula is C17H19N5O2. The van der Waals surface area contributed by atoms with Crippen LogP contribution >= 0.6 is 0 Å². The van der Waals surface area contributed by atoms with Crippen LogP contribution in [-0.4, -0.2) is 31.7 Å². The van der Waals surface area contributed by atoms with E-state index in [0.29, 0.717) is 30.6 Å². The summed E-state index contributed by atoms with van der Waals surface area (Å²) < 4.78 is 10.5. The molecule has 0 bridgehead atoms. The lowest BCUT2D eigenvalue weighted by atomic mass is 10.1. The lowest BCUT2D eigenvalue weighted by Crippen LogP contribution is -2.23. The van der Waals surface area contributed by atoms with Gasteiger partial charge in [-0.2, -0.15) is 9.97 Å². The molecule has 0 amide bonds. The number of aromatic nitrogens is 4. The molecule has 1 aromatic carbocycles. The standard InChI is InChI=1S/C17H19N5O2/c1-12-18-17(21-23-12)14-8-5-9-22(14)11-16-19-15(20-24-16)10-13-6-3-2-4-7-13/h2-4,6-7,14H,5,8-11H2,1H3/t14-/m0/s1. The molecule has 1 fully saturated rings. The van der Waals surface area contributed by atoms with E-state index >= 15 is 0 Å². The van der Waals surface area contributed by atoms with Gasteiger partial charge in [-0.1, -0.05) is 40.6 Å². The van der Waals surface area contributed by atoms with Crippen LogP contribution in [0.5, 0.6) is 0 Å². The molecule has 0 spiro atoms. The Bertz CT molecular complexity index is 798. The van der Waals surface area contributed by atoms with Gasteiger partial charge in [0.05, 0.1) is 12.6 Å². The van der Waals surface area contributed by atoms with Crippen molar-refractivity contribution in [1.82, 2.24) is 25.2 Å². The lowest BCUT2D eigenvalue weighted by Gasteiger charge is -2.19. The Hall–Kier alpha value is -2.54. The Morgan fingerprint density at radius 3 is 2.79 bits per heavy atom. The highest BCUT2D eigenvalue weighted by atomic mass is 16.5. The Labute approximate surface area is 139 Å². The van der Waals surface area contributed by atoms with Gasteiger partial charge in [0.2, 0.25) is 11.8 Å². The Balaban J connectivity index is 1.43.